The van der Waals surface area contributed by atoms with Crippen molar-refractivity contribution in [2.75, 3.05) is 0 Å². The zero-order chi connectivity index (χ0) is 15.4. The maximum Gasteiger partial charge on any atom is 0.135 e. The highest BCUT2D eigenvalue weighted by Crippen LogP contribution is 2.37. The van der Waals surface area contributed by atoms with Gasteiger partial charge in [0.15, 0.2) is 0 Å². The van der Waals surface area contributed by atoms with E-state index in [0.717, 1.165) is 17.1 Å². The third kappa shape index (κ3) is 3.04. The molecule has 0 aliphatic carbocycles. The molecule has 0 fully saturated rings. The summed E-state index contributed by atoms with van der Waals surface area (Å²) in [6.45, 7) is 4.44. The van der Waals surface area contributed by atoms with Crippen LogP contribution in [0.2, 0.25) is 0 Å². The highest BCUT2D eigenvalue weighted by Gasteiger charge is 2.12. The zero-order valence-electron chi connectivity index (χ0n) is 13.0. The molecule has 0 radical (unpaired) electrons. The molecule has 0 spiro atoms. The third-order valence-corrected chi connectivity index (χ3v) is 3.73. The van der Waals surface area contributed by atoms with E-state index in [1.54, 1.807) is 0 Å². The molecular formula is C21H20O. The Morgan fingerprint density at radius 1 is 0.636 bits per heavy atom. The van der Waals surface area contributed by atoms with Crippen molar-refractivity contribution in [2.24, 2.45) is 0 Å². The highest BCUT2D eigenvalue weighted by molar-refractivity contribution is 5.74. The van der Waals surface area contributed by atoms with Crippen LogP contribution in [-0.2, 0) is 0 Å². The van der Waals surface area contributed by atoms with Crippen molar-refractivity contribution in [3.63, 3.8) is 0 Å². The van der Waals surface area contributed by atoms with Crippen LogP contribution in [0.1, 0.15) is 25.3 Å². The molecule has 0 aliphatic rings. The van der Waals surface area contributed by atoms with Crippen LogP contribution in [0.25, 0.3) is 11.1 Å². The van der Waals surface area contributed by atoms with Crippen molar-refractivity contribution >= 4 is 0 Å². The number of ether oxygens (including phenoxy) is 1. The molecule has 3 aromatic rings. The van der Waals surface area contributed by atoms with Crippen molar-refractivity contribution in [1.82, 2.24) is 0 Å². The Balaban J connectivity index is 2.06. The van der Waals surface area contributed by atoms with E-state index in [2.05, 4.69) is 50.2 Å². The van der Waals surface area contributed by atoms with Gasteiger partial charge in [0.25, 0.3) is 0 Å². The molecule has 3 rings (SSSR count). The lowest BCUT2D eigenvalue weighted by atomic mass is 9.92. The minimum Gasteiger partial charge on any atom is -0.457 e. The molecule has 0 heterocycles. The van der Waals surface area contributed by atoms with Crippen molar-refractivity contribution in [2.45, 2.75) is 19.8 Å². The van der Waals surface area contributed by atoms with Crippen LogP contribution in [0, 0.1) is 0 Å². The van der Waals surface area contributed by atoms with Crippen molar-refractivity contribution in [3.8, 4) is 22.6 Å². The summed E-state index contributed by atoms with van der Waals surface area (Å²) in [6, 6.07) is 26.7. The Bertz CT molecular complexity index is 745. The third-order valence-electron chi connectivity index (χ3n) is 3.73. The average Bonchev–Trinajstić information content (AvgIpc) is 2.56. The monoisotopic (exact) mass is 288 g/mol. The fourth-order valence-electron chi connectivity index (χ4n) is 2.64. The number of hydrogen-bond donors (Lipinski definition) is 0. The number of para-hydroxylation sites is 2. The van der Waals surface area contributed by atoms with Gasteiger partial charge in [-0.25, -0.2) is 0 Å². The Morgan fingerprint density at radius 2 is 1.23 bits per heavy atom. The summed E-state index contributed by atoms with van der Waals surface area (Å²) in [5.74, 6) is 2.22. The normalized spacial score (nSPS) is 10.7. The predicted molar refractivity (Wildman–Crippen MR) is 92.5 cm³/mol. The first-order valence-corrected chi connectivity index (χ1v) is 7.67. The zero-order valence-corrected chi connectivity index (χ0v) is 13.0. The quantitative estimate of drug-likeness (QED) is 0.549. The van der Waals surface area contributed by atoms with Crippen LogP contribution < -0.4 is 4.74 Å². The van der Waals surface area contributed by atoms with Gasteiger partial charge in [0.2, 0.25) is 0 Å². The summed E-state index contributed by atoms with van der Waals surface area (Å²) in [5.41, 5.74) is 3.71. The summed E-state index contributed by atoms with van der Waals surface area (Å²) < 4.78 is 6.10. The second-order valence-electron chi connectivity index (χ2n) is 5.65. The molecule has 1 nitrogen and oxygen atoms in total. The minimum absolute atomic E-state index is 0.473. The number of hydrogen-bond acceptors (Lipinski definition) is 1. The van der Waals surface area contributed by atoms with E-state index in [9.17, 15) is 0 Å². The molecule has 0 saturated carbocycles. The van der Waals surface area contributed by atoms with E-state index in [-0.39, 0.29) is 0 Å². The van der Waals surface area contributed by atoms with Crippen LogP contribution in [0.15, 0.2) is 78.9 Å². The molecular weight excluding hydrogens is 268 g/mol. The first-order valence-electron chi connectivity index (χ1n) is 7.67. The molecule has 110 valence electrons. The molecule has 0 N–H and O–H groups in total. The van der Waals surface area contributed by atoms with Crippen molar-refractivity contribution in [1.29, 1.82) is 0 Å². The smallest absolute Gasteiger partial charge is 0.135 e. The molecule has 1 heteroatoms. The molecule has 3 aromatic carbocycles. The van der Waals surface area contributed by atoms with Gasteiger partial charge in [-0.2, -0.15) is 0 Å². The lowest BCUT2D eigenvalue weighted by Crippen LogP contribution is -1.94. The molecule has 0 aliphatic heterocycles. The standard InChI is InChI=1S/C21H20O/c1-16(2)18-12-6-7-13-19(18)20-14-8-9-15-21(20)22-17-10-4-3-5-11-17/h3-16H,1-2H3. The second kappa shape index (κ2) is 6.48. The van der Waals surface area contributed by atoms with Crippen LogP contribution in [0.4, 0.5) is 0 Å². The fraction of sp³-hybridized carbons (Fsp3) is 0.143. The maximum atomic E-state index is 6.10. The Morgan fingerprint density at radius 3 is 1.95 bits per heavy atom. The SMILES string of the molecule is CC(C)c1ccccc1-c1ccccc1Oc1ccccc1. The van der Waals surface area contributed by atoms with Crippen LogP contribution in [0.3, 0.4) is 0 Å². The van der Waals surface area contributed by atoms with E-state index in [1.165, 1.54) is 11.1 Å². The van der Waals surface area contributed by atoms with Gasteiger partial charge >= 0.3 is 0 Å². The van der Waals surface area contributed by atoms with Gasteiger partial charge in [-0.1, -0.05) is 74.5 Å². The summed E-state index contributed by atoms with van der Waals surface area (Å²) >= 11 is 0. The first kappa shape index (κ1) is 14.4. The molecule has 0 amide bonds. The van der Waals surface area contributed by atoms with Gasteiger partial charge in [-0.3, -0.25) is 0 Å². The van der Waals surface area contributed by atoms with E-state index in [0.29, 0.717) is 5.92 Å². The van der Waals surface area contributed by atoms with Gasteiger partial charge in [0, 0.05) is 5.56 Å². The molecule has 22 heavy (non-hydrogen) atoms. The van der Waals surface area contributed by atoms with Gasteiger partial charge in [-0.15, -0.1) is 0 Å². The fourth-order valence-corrected chi connectivity index (χ4v) is 2.64. The van der Waals surface area contributed by atoms with Gasteiger partial charge in [0.05, 0.1) is 0 Å². The molecule has 0 aromatic heterocycles. The maximum absolute atomic E-state index is 6.10. The van der Waals surface area contributed by atoms with E-state index in [1.807, 2.05) is 42.5 Å². The first-order chi connectivity index (χ1) is 10.8. The van der Waals surface area contributed by atoms with Crippen LogP contribution in [0.5, 0.6) is 11.5 Å². The van der Waals surface area contributed by atoms with Crippen LogP contribution in [-0.4, -0.2) is 0 Å². The predicted octanol–water partition coefficient (Wildman–Crippen LogP) is 6.27. The van der Waals surface area contributed by atoms with Gasteiger partial charge < -0.3 is 4.74 Å². The molecule has 0 unspecified atom stereocenters. The summed E-state index contributed by atoms with van der Waals surface area (Å²) in [6.07, 6.45) is 0. The second-order valence-corrected chi connectivity index (χ2v) is 5.65. The minimum atomic E-state index is 0.473. The number of benzene rings is 3. The topological polar surface area (TPSA) is 9.23 Å². The number of rotatable bonds is 4. The summed E-state index contributed by atoms with van der Waals surface area (Å²) in [7, 11) is 0. The van der Waals surface area contributed by atoms with Gasteiger partial charge in [-0.05, 0) is 35.2 Å². The highest BCUT2D eigenvalue weighted by atomic mass is 16.5. The van der Waals surface area contributed by atoms with E-state index in [4.69, 9.17) is 4.74 Å². The Hall–Kier alpha value is -2.54. The molecule has 0 saturated heterocycles. The van der Waals surface area contributed by atoms with E-state index < -0.39 is 0 Å². The van der Waals surface area contributed by atoms with Gasteiger partial charge in [0.1, 0.15) is 11.5 Å². The van der Waals surface area contributed by atoms with Crippen molar-refractivity contribution < 1.29 is 4.74 Å². The van der Waals surface area contributed by atoms with Crippen molar-refractivity contribution in [3.05, 3.63) is 84.4 Å². The molecule has 0 atom stereocenters. The Kier molecular flexibility index (Phi) is 4.24. The van der Waals surface area contributed by atoms with E-state index >= 15 is 0 Å². The summed E-state index contributed by atoms with van der Waals surface area (Å²) in [5, 5.41) is 0. The average molecular weight is 288 g/mol. The van der Waals surface area contributed by atoms with Crippen LogP contribution >= 0.6 is 0 Å². The lowest BCUT2D eigenvalue weighted by Gasteiger charge is -2.16. The molecule has 0 bridgehead atoms. The lowest BCUT2D eigenvalue weighted by molar-refractivity contribution is 0.484. The Labute approximate surface area is 132 Å². The summed E-state index contributed by atoms with van der Waals surface area (Å²) in [4.78, 5) is 0. The largest absolute Gasteiger partial charge is 0.457 e.